The SMILES string of the molecule is CCCCCCCCCCN1CCC(Cc2cc(Cl)c(N)c3c2OCC(C(=O)O)O3)CC1.Cl. The van der Waals surface area contributed by atoms with Gasteiger partial charge in [0.25, 0.3) is 0 Å². The Labute approximate surface area is 209 Å². The summed E-state index contributed by atoms with van der Waals surface area (Å²) in [5.74, 6) is 0.318. The molecule has 0 bridgehead atoms. The first-order valence-electron chi connectivity index (χ1n) is 12.3. The van der Waals surface area contributed by atoms with Crippen molar-refractivity contribution < 1.29 is 19.4 Å². The van der Waals surface area contributed by atoms with Gasteiger partial charge in [-0.2, -0.15) is 0 Å². The number of piperidine rings is 1. The number of rotatable bonds is 12. The molecule has 3 rings (SSSR count). The van der Waals surface area contributed by atoms with Crippen LogP contribution in [0.25, 0.3) is 0 Å². The Morgan fingerprint density at radius 1 is 1.12 bits per heavy atom. The molecule has 2 aliphatic rings. The number of hydrogen-bond acceptors (Lipinski definition) is 5. The van der Waals surface area contributed by atoms with E-state index in [2.05, 4.69) is 11.8 Å². The Hall–Kier alpha value is -1.37. The fraction of sp³-hybridized carbons (Fsp3) is 0.720. The molecule has 1 unspecified atom stereocenters. The molecule has 0 amide bonds. The molecule has 0 aliphatic carbocycles. The lowest BCUT2D eigenvalue weighted by Gasteiger charge is -2.33. The molecule has 2 heterocycles. The fourth-order valence-electron chi connectivity index (χ4n) is 4.75. The van der Waals surface area contributed by atoms with Crippen molar-refractivity contribution in [3.63, 3.8) is 0 Å². The van der Waals surface area contributed by atoms with Gasteiger partial charge in [0.15, 0.2) is 11.5 Å². The van der Waals surface area contributed by atoms with Crippen molar-refractivity contribution in [2.45, 2.75) is 83.7 Å². The lowest BCUT2D eigenvalue weighted by Crippen LogP contribution is -2.37. The van der Waals surface area contributed by atoms with Gasteiger partial charge in [-0.3, -0.25) is 0 Å². The van der Waals surface area contributed by atoms with Crippen molar-refractivity contribution in [2.75, 3.05) is 32.0 Å². The fourth-order valence-corrected chi connectivity index (χ4v) is 4.97. The first kappa shape index (κ1) is 27.9. The molecule has 0 spiro atoms. The minimum absolute atomic E-state index is 0. The largest absolute Gasteiger partial charge is 0.485 e. The van der Waals surface area contributed by atoms with E-state index in [4.69, 9.17) is 26.8 Å². The van der Waals surface area contributed by atoms with Crippen LogP contribution in [0.15, 0.2) is 6.07 Å². The zero-order chi connectivity index (χ0) is 22.9. The maximum atomic E-state index is 11.3. The van der Waals surface area contributed by atoms with E-state index >= 15 is 0 Å². The highest BCUT2D eigenvalue weighted by Crippen LogP contribution is 2.45. The Morgan fingerprint density at radius 2 is 1.76 bits per heavy atom. The second kappa shape index (κ2) is 14.1. The van der Waals surface area contributed by atoms with Crippen molar-refractivity contribution in [1.29, 1.82) is 0 Å². The zero-order valence-corrected chi connectivity index (χ0v) is 21.4. The van der Waals surface area contributed by atoms with Crippen molar-refractivity contribution in [3.05, 3.63) is 16.7 Å². The highest BCUT2D eigenvalue weighted by atomic mass is 35.5. The number of anilines is 1. The quantitative estimate of drug-likeness (QED) is 0.270. The van der Waals surface area contributed by atoms with E-state index in [-0.39, 0.29) is 30.5 Å². The Kier molecular flexibility index (Phi) is 11.9. The van der Waals surface area contributed by atoms with Gasteiger partial charge in [0.05, 0.1) is 10.7 Å². The number of nitrogens with two attached hydrogens (primary N) is 1. The molecular formula is C25H40Cl2N2O4. The number of carbonyl (C=O) groups is 1. The second-order valence-corrected chi connectivity index (χ2v) is 9.72. The lowest BCUT2D eigenvalue weighted by atomic mass is 9.89. The number of fused-ring (bicyclic) bond motifs is 1. The summed E-state index contributed by atoms with van der Waals surface area (Å²) in [7, 11) is 0. The molecule has 2 aliphatic heterocycles. The number of benzene rings is 1. The zero-order valence-electron chi connectivity index (χ0n) is 19.8. The van der Waals surface area contributed by atoms with Crippen LogP contribution in [0.5, 0.6) is 11.5 Å². The monoisotopic (exact) mass is 502 g/mol. The molecular weight excluding hydrogens is 463 g/mol. The first-order valence-corrected chi connectivity index (χ1v) is 12.7. The summed E-state index contributed by atoms with van der Waals surface area (Å²) < 4.78 is 11.4. The number of ether oxygens (including phenoxy) is 2. The van der Waals surface area contributed by atoms with Crippen LogP contribution in [0.4, 0.5) is 5.69 Å². The van der Waals surface area contributed by atoms with E-state index in [1.165, 1.54) is 57.9 Å². The summed E-state index contributed by atoms with van der Waals surface area (Å²) in [6.07, 6.45) is 12.9. The normalized spacial score (nSPS) is 18.7. The minimum atomic E-state index is -1.07. The van der Waals surface area contributed by atoms with E-state index in [9.17, 15) is 9.90 Å². The lowest BCUT2D eigenvalue weighted by molar-refractivity contribution is -0.147. The number of carboxylic acids is 1. The molecule has 1 saturated heterocycles. The van der Waals surface area contributed by atoms with Crippen LogP contribution in [0.3, 0.4) is 0 Å². The van der Waals surface area contributed by atoms with E-state index in [0.717, 1.165) is 37.9 Å². The summed E-state index contributed by atoms with van der Waals surface area (Å²) in [6.45, 7) is 5.71. The number of unbranched alkanes of at least 4 members (excludes halogenated alkanes) is 7. The van der Waals surface area contributed by atoms with Crippen molar-refractivity contribution in [2.24, 2.45) is 5.92 Å². The van der Waals surface area contributed by atoms with Crippen LogP contribution in [0, 0.1) is 5.92 Å². The Bertz CT molecular complexity index is 754. The molecule has 188 valence electrons. The van der Waals surface area contributed by atoms with Gasteiger partial charge in [0.2, 0.25) is 6.10 Å². The summed E-state index contributed by atoms with van der Waals surface area (Å²) in [4.78, 5) is 13.9. The van der Waals surface area contributed by atoms with E-state index < -0.39 is 12.1 Å². The molecule has 3 N–H and O–H groups in total. The highest BCUT2D eigenvalue weighted by Gasteiger charge is 2.32. The van der Waals surface area contributed by atoms with Gasteiger partial charge in [0.1, 0.15) is 6.61 Å². The molecule has 1 atom stereocenters. The molecule has 0 radical (unpaired) electrons. The standard InChI is InChI=1S/C25H39ClN2O4.ClH/c1-2-3-4-5-6-7-8-9-12-28-13-10-18(11-14-28)15-19-16-20(26)22(27)24-23(19)31-17-21(32-24)25(29)30;/h16,18,21H,2-15,17,27H2,1H3,(H,29,30);1H. The molecule has 0 aromatic heterocycles. The predicted octanol–water partition coefficient (Wildman–Crippen LogP) is 5.96. The number of carboxylic acid groups (broad SMARTS) is 1. The van der Waals surface area contributed by atoms with E-state index in [1.54, 1.807) is 0 Å². The Morgan fingerprint density at radius 3 is 2.39 bits per heavy atom. The van der Waals surface area contributed by atoms with Crippen LogP contribution < -0.4 is 15.2 Å². The molecule has 1 fully saturated rings. The number of nitrogen functional groups attached to an aromatic ring is 1. The molecule has 1 aromatic rings. The summed E-state index contributed by atoms with van der Waals surface area (Å²) >= 11 is 6.32. The van der Waals surface area contributed by atoms with E-state index in [0.29, 0.717) is 16.7 Å². The molecule has 33 heavy (non-hydrogen) atoms. The molecule has 0 saturated carbocycles. The van der Waals surface area contributed by atoms with Crippen molar-refractivity contribution in [3.8, 4) is 11.5 Å². The van der Waals surface area contributed by atoms with Gasteiger partial charge in [-0.25, -0.2) is 4.79 Å². The van der Waals surface area contributed by atoms with Gasteiger partial charge in [-0.05, 0) is 62.9 Å². The van der Waals surface area contributed by atoms with Gasteiger partial charge in [-0.1, -0.05) is 63.5 Å². The third-order valence-electron chi connectivity index (χ3n) is 6.76. The number of nitrogens with zero attached hydrogens (tertiary/aromatic N) is 1. The summed E-state index contributed by atoms with van der Waals surface area (Å²) in [5, 5.41) is 9.62. The summed E-state index contributed by atoms with van der Waals surface area (Å²) in [6, 6.07) is 1.85. The topological polar surface area (TPSA) is 85.0 Å². The van der Waals surface area contributed by atoms with Gasteiger partial charge in [0, 0.05) is 0 Å². The average molecular weight is 504 g/mol. The molecule has 8 heteroatoms. The smallest absolute Gasteiger partial charge is 0.348 e. The van der Waals surface area contributed by atoms with Gasteiger partial charge >= 0.3 is 5.97 Å². The summed E-state index contributed by atoms with van der Waals surface area (Å²) in [5.41, 5.74) is 7.26. The molecule has 6 nitrogen and oxygen atoms in total. The van der Waals surface area contributed by atoms with Crippen LogP contribution in [-0.2, 0) is 11.2 Å². The Balaban J connectivity index is 0.00000385. The number of likely N-dealkylation sites (tertiary alicyclic amines) is 1. The third-order valence-corrected chi connectivity index (χ3v) is 7.07. The van der Waals surface area contributed by atoms with Crippen LogP contribution in [-0.4, -0.2) is 48.3 Å². The van der Waals surface area contributed by atoms with Crippen molar-refractivity contribution in [1.82, 2.24) is 4.90 Å². The number of aliphatic carboxylic acids is 1. The molecule has 1 aromatic carbocycles. The van der Waals surface area contributed by atoms with Gasteiger partial charge in [-0.15, -0.1) is 12.4 Å². The maximum Gasteiger partial charge on any atom is 0.348 e. The minimum Gasteiger partial charge on any atom is -0.485 e. The van der Waals surface area contributed by atoms with Crippen LogP contribution in [0.2, 0.25) is 5.02 Å². The maximum absolute atomic E-state index is 11.3. The second-order valence-electron chi connectivity index (χ2n) is 9.31. The number of hydrogen-bond donors (Lipinski definition) is 2. The highest BCUT2D eigenvalue weighted by molar-refractivity contribution is 6.33. The van der Waals surface area contributed by atoms with Crippen LogP contribution in [0.1, 0.15) is 76.7 Å². The third kappa shape index (κ3) is 8.11. The predicted molar refractivity (Wildman–Crippen MR) is 136 cm³/mol. The number of halogens is 2. The van der Waals surface area contributed by atoms with Gasteiger partial charge < -0.3 is 25.2 Å². The van der Waals surface area contributed by atoms with E-state index in [1.807, 2.05) is 6.07 Å². The first-order chi connectivity index (χ1) is 15.5. The average Bonchev–Trinajstić information content (AvgIpc) is 2.79. The van der Waals surface area contributed by atoms with Crippen molar-refractivity contribution >= 4 is 35.7 Å². The van der Waals surface area contributed by atoms with Crippen LogP contribution >= 0.6 is 24.0 Å².